The van der Waals surface area contributed by atoms with Crippen LogP contribution < -0.4 is 10.1 Å². The topological polar surface area (TPSA) is 73.6 Å². The molecule has 0 bridgehead atoms. The Morgan fingerprint density at radius 3 is 3.09 bits per heavy atom. The van der Waals surface area contributed by atoms with Crippen LogP contribution in [0.1, 0.15) is 29.0 Å². The van der Waals surface area contributed by atoms with Gasteiger partial charge in [0.25, 0.3) is 5.91 Å². The maximum absolute atomic E-state index is 12.2. The van der Waals surface area contributed by atoms with E-state index in [4.69, 9.17) is 14.0 Å². The Morgan fingerprint density at radius 2 is 2.36 bits per heavy atom. The Balaban J connectivity index is 1.61. The molecular formula is C16H18N2O4. The molecule has 1 aromatic carbocycles. The Bertz CT molecular complexity index is 647. The van der Waals surface area contributed by atoms with Gasteiger partial charge in [-0.25, -0.2) is 0 Å². The van der Waals surface area contributed by atoms with E-state index in [1.165, 1.54) is 0 Å². The summed E-state index contributed by atoms with van der Waals surface area (Å²) in [7, 11) is 0. The van der Waals surface area contributed by atoms with Crippen molar-refractivity contribution in [3.05, 3.63) is 41.7 Å². The molecule has 6 nitrogen and oxygen atoms in total. The van der Waals surface area contributed by atoms with Crippen LogP contribution in [0.5, 0.6) is 5.75 Å². The molecule has 1 amide bonds. The Hall–Kier alpha value is -2.34. The van der Waals surface area contributed by atoms with E-state index >= 15 is 0 Å². The lowest BCUT2D eigenvalue weighted by molar-refractivity contribution is 0.0679. The standard InChI is InChI=1S/C16H18N2O4/c1-11-8-15(18-22-11)17-16(19)12-4-2-5-13(9-12)21-10-14-6-3-7-20-14/h2,4-5,8-9,14H,3,6-7,10H2,1H3,(H,17,18,19). The number of carbonyl (C=O) groups is 1. The summed E-state index contributed by atoms with van der Waals surface area (Å²) in [4.78, 5) is 12.2. The predicted octanol–water partition coefficient (Wildman–Crippen LogP) is 2.79. The van der Waals surface area contributed by atoms with Crippen molar-refractivity contribution >= 4 is 11.7 Å². The summed E-state index contributed by atoms with van der Waals surface area (Å²) < 4.78 is 16.1. The molecule has 1 N–H and O–H groups in total. The first-order chi connectivity index (χ1) is 10.7. The number of rotatable bonds is 5. The van der Waals surface area contributed by atoms with E-state index in [1.807, 2.05) is 6.07 Å². The summed E-state index contributed by atoms with van der Waals surface area (Å²) in [6.07, 6.45) is 2.25. The van der Waals surface area contributed by atoms with Gasteiger partial charge in [0.2, 0.25) is 0 Å². The molecule has 1 unspecified atom stereocenters. The van der Waals surface area contributed by atoms with E-state index in [0.717, 1.165) is 19.4 Å². The fourth-order valence-corrected chi connectivity index (χ4v) is 2.31. The number of anilines is 1. The molecule has 0 saturated carbocycles. The van der Waals surface area contributed by atoms with E-state index in [0.29, 0.717) is 29.5 Å². The van der Waals surface area contributed by atoms with Gasteiger partial charge in [-0.15, -0.1) is 0 Å². The lowest BCUT2D eigenvalue weighted by Crippen LogP contribution is -2.17. The fourth-order valence-electron chi connectivity index (χ4n) is 2.31. The van der Waals surface area contributed by atoms with Gasteiger partial charge < -0.3 is 19.3 Å². The minimum atomic E-state index is -0.254. The molecule has 0 radical (unpaired) electrons. The lowest BCUT2D eigenvalue weighted by Gasteiger charge is -2.12. The molecule has 1 saturated heterocycles. The number of aromatic nitrogens is 1. The van der Waals surface area contributed by atoms with Crippen LogP contribution in [-0.4, -0.2) is 30.4 Å². The number of hydrogen-bond acceptors (Lipinski definition) is 5. The average Bonchev–Trinajstić information content (AvgIpc) is 3.17. The molecule has 0 aliphatic carbocycles. The molecule has 116 valence electrons. The summed E-state index contributed by atoms with van der Waals surface area (Å²) in [6, 6.07) is 8.70. The highest BCUT2D eigenvalue weighted by Crippen LogP contribution is 2.18. The maximum atomic E-state index is 12.2. The van der Waals surface area contributed by atoms with Crippen molar-refractivity contribution in [3.63, 3.8) is 0 Å². The number of amides is 1. The number of nitrogens with zero attached hydrogens (tertiary/aromatic N) is 1. The van der Waals surface area contributed by atoms with E-state index in [2.05, 4.69) is 10.5 Å². The van der Waals surface area contributed by atoms with E-state index in [9.17, 15) is 4.79 Å². The fraction of sp³-hybridized carbons (Fsp3) is 0.375. The first-order valence-corrected chi connectivity index (χ1v) is 7.30. The molecule has 1 aromatic heterocycles. The summed E-state index contributed by atoms with van der Waals surface area (Å²) >= 11 is 0. The third-order valence-corrected chi connectivity index (χ3v) is 3.43. The molecule has 6 heteroatoms. The number of aryl methyl sites for hydroxylation is 1. The second-order valence-electron chi connectivity index (χ2n) is 5.25. The number of ether oxygens (including phenoxy) is 2. The van der Waals surface area contributed by atoms with Gasteiger partial charge in [-0.2, -0.15) is 0 Å². The molecule has 1 aliphatic heterocycles. The van der Waals surface area contributed by atoms with Gasteiger partial charge in [-0.3, -0.25) is 4.79 Å². The highest BCUT2D eigenvalue weighted by atomic mass is 16.5. The van der Waals surface area contributed by atoms with Crippen LogP contribution in [0, 0.1) is 6.92 Å². The van der Waals surface area contributed by atoms with Gasteiger partial charge in [0, 0.05) is 18.2 Å². The third kappa shape index (κ3) is 3.65. The Kier molecular flexibility index (Phi) is 4.39. The number of hydrogen-bond donors (Lipinski definition) is 1. The summed E-state index contributed by atoms with van der Waals surface area (Å²) in [5, 5.41) is 6.42. The summed E-state index contributed by atoms with van der Waals surface area (Å²) in [5.41, 5.74) is 0.505. The smallest absolute Gasteiger partial charge is 0.257 e. The Labute approximate surface area is 128 Å². The van der Waals surface area contributed by atoms with E-state index < -0.39 is 0 Å². The van der Waals surface area contributed by atoms with Crippen molar-refractivity contribution in [3.8, 4) is 5.75 Å². The van der Waals surface area contributed by atoms with Crippen molar-refractivity contribution in [1.29, 1.82) is 0 Å². The molecule has 1 fully saturated rings. The zero-order valence-corrected chi connectivity index (χ0v) is 12.4. The molecule has 1 atom stereocenters. The molecule has 22 heavy (non-hydrogen) atoms. The van der Waals surface area contributed by atoms with Gasteiger partial charge >= 0.3 is 0 Å². The second kappa shape index (κ2) is 6.62. The predicted molar refractivity (Wildman–Crippen MR) is 80.1 cm³/mol. The van der Waals surface area contributed by atoms with Crippen molar-refractivity contribution in [2.24, 2.45) is 0 Å². The van der Waals surface area contributed by atoms with Gasteiger partial charge in [0.15, 0.2) is 5.82 Å². The third-order valence-electron chi connectivity index (χ3n) is 3.43. The van der Waals surface area contributed by atoms with Crippen molar-refractivity contribution in [1.82, 2.24) is 5.16 Å². The van der Waals surface area contributed by atoms with Gasteiger partial charge in [-0.1, -0.05) is 11.2 Å². The highest BCUT2D eigenvalue weighted by molar-refractivity contribution is 6.03. The monoisotopic (exact) mass is 302 g/mol. The van der Waals surface area contributed by atoms with Crippen molar-refractivity contribution in [2.45, 2.75) is 25.9 Å². The zero-order valence-electron chi connectivity index (χ0n) is 12.4. The van der Waals surface area contributed by atoms with Crippen LogP contribution in [0.2, 0.25) is 0 Å². The molecule has 3 rings (SSSR count). The highest BCUT2D eigenvalue weighted by Gasteiger charge is 2.16. The number of nitrogens with one attached hydrogen (secondary N) is 1. The largest absolute Gasteiger partial charge is 0.491 e. The summed E-state index contributed by atoms with van der Waals surface area (Å²) in [6.45, 7) is 3.07. The molecular weight excluding hydrogens is 284 g/mol. The van der Waals surface area contributed by atoms with E-state index in [-0.39, 0.29) is 12.0 Å². The first-order valence-electron chi connectivity index (χ1n) is 7.30. The van der Waals surface area contributed by atoms with Crippen LogP contribution in [0.4, 0.5) is 5.82 Å². The van der Waals surface area contributed by atoms with Crippen LogP contribution in [0.15, 0.2) is 34.9 Å². The molecule has 0 spiro atoms. The van der Waals surface area contributed by atoms with Gasteiger partial charge in [-0.05, 0) is 38.0 Å². The summed E-state index contributed by atoms with van der Waals surface area (Å²) in [5.74, 6) is 1.44. The Morgan fingerprint density at radius 1 is 1.45 bits per heavy atom. The zero-order chi connectivity index (χ0) is 15.4. The lowest BCUT2D eigenvalue weighted by atomic mass is 10.2. The quantitative estimate of drug-likeness (QED) is 0.919. The molecule has 2 heterocycles. The van der Waals surface area contributed by atoms with Crippen LogP contribution >= 0.6 is 0 Å². The van der Waals surface area contributed by atoms with Crippen LogP contribution in [0.3, 0.4) is 0 Å². The maximum Gasteiger partial charge on any atom is 0.257 e. The average molecular weight is 302 g/mol. The normalized spacial score (nSPS) is 17.4. The van der Waals surface area contributed by atoms with Gasteiger partial charge in [0.1, 0.15) is 18.1 Å². The van der Waals surface area contributed by atoms with Crippen LogP contribution in [0.25, 0.3) is 0 Å². The first kappa shape index (κ1) is 14.6. The molecule has 1 aliphatic rings. The van der Waals surface area contributed by atoms with Gasteiger partial charge in [0.05, 0.1) is 6.10 Å². The minimum absolute atomic E-state index is 0.149. The van der Waals surface area contributed by atoms with Crippen molar-refractivity contribution in [2.75, 3.05) is 18.5 Å². The second-order valence-corrected chi connectivity index (χ2v) is 5.25. The minimum Gasteiger partial charge on any atom is -0.491 e. The number of carbonyl (C=O) groups excluding carboxylic acids is 1. The van der Waals surface area contributed by atoms with E-state index in [1.54, 1.807) is 31.2 Å². The SMILES string of the molecule is Cc1cc(NC(=O)c2cccc(OCC3CCCO3)c2)no1. The van der Waals surface area contributed by atoms with Crippen LogP contribution in [-0.2, 0) is 4.74 Å². The molecule has 2 aromatic rings. The number of benzene rings is 1. The van der Waals surface area contributed by atoms with Crippen molar-refractivity contribution < 1.29 is 18.8 Å².